The molecule has 0 bridgehead atoms. The second kappa shape index (κ2) is 12.8. The molecule has 8 heteroatoms. The van der Waals surface area contributed by atoms with Crippen LogP contribution in [0.1, 0.15) is 35.2 Å². The number of piperazine rings is 1. The van der Waals surface area contributed by atoms with Gasteiger partial charge in [0.1, 0.15) is 0 Å². The Kier molecular flexibility index (Phi) is 9.54. The van der Waals surface area contributed by atoms with Crippen LogP contribution in [0.5, 0.6) is 0 Å². The van der Waals surface area contributed by atoms with E-state index in [1.807, 2.05) is 56.3 Å². The van der Waals surface area contributed by atoms with Crippen LogP contribution in [0.25, 0.3) is 0 Å². The fourth-order valence-corrected chi connectivity index (χ4v) is 5.06. The minimum atomic E-state index is -0.673. The molecule has 1 aliphatic heterocycles. The molecule has 2 N–H and O–H groups in total. The molecule has 1 atom stereocenters. The lowest BCUT2D eigenvalue weighted by molar-refractivity contribution is -0.136. The highest BCUT2D eigenvalue weighted by molar-refractivity contribution is 9.10. The van der Waals surface area contributed by atoms with Gasteiger partial charge >= 0.3 is 11.8 Å². The fraction of sp³-hybridized carbons (Fsp3) is 0.310. The first-order valence-corrected chi connectivity index (χ1v) is 14.0. The molecule has 0 saturated carbocycles. The first-order valence-electron chi connectivity index (χ1n) is 12.4. The molecule has 1 heterocycles. The monoisotopic (exact) mass is 626 g/mol. The molecule has 0 aromatic heterocycles. The number of nitrogens with zero attached hydrogens (tertiary/aromatic N) is 2. The lowest BCUT2D eigenvalue weighted by atomic mass is 10.1. The number of nitrogens with one attached hydrogen (secondary N) is 2. The van der Waals surface area contributed by atoms with Crippen molar-refractivity contribution in [3.05, 3.63) is 97.9 Å². The number of benzene rings is 3. The third-order valence-corrected chi connectivity index (χ3v) is 8.05. The number of hydrogen-bond acceptors (Lipinski definition) is 4. The summed E-state index contributed by atoms with van der Waals surface area (Å²) in [7, 11) is 0. The van der Waals surface area contributed by atoms with E-state index >= 15 is 0 Å². The molecule has 0 radical (unpaired) electrons. The Labute approximate surface area is 235 Å². The Morgan fingerprint density at radius 2 is 1.54 bits per heavy atom. The highest BCUT2D eigenvalue weighted by atomic mass is 79.9. The van der Waals surface area contributed by atoms with E-state index in [-0.39, 0.29) is 6.04 Å². The fourth-order valence-electron chi connectivity index (χ4n) is 4.45. The van der Waals surface area contributed by atoms with Gasteiger partial charge in [-0.1, -0.05) is 80.4 Å². The van der Waals surface area contributed by atoms with Gasteiger partial charge < -0.3 is 10.6 Å². The van der Waals surface area contributed by atoms with Gasteiger partial charge in [0, 0.05) is 53.9 Å². The minimum Gasteiger partial charge on any atom is -0.341 e. The minimum absolute atomic E-state index is 0.292. The van der Waals surface area contributed by atoms with Gasteiger partial charge in [-0.2, -0.15) is 0 Å². The molecule has 3 aromatic rings. The van der Waals surface area contributed by atoms with E-state index in [1.54, 1.807) is 0 Å². The van der Waals surface area contributed by atoms with Crippen LogP contribution in [0, 0.1) is 6.92 Å². The summed E-state index contributed by atoms with van der Waals surface area (Å²) in [6.07, 6.45) is 0. The van der Waals surface area contributed by atoms with Crippen LogP contribution in [-0.4, -0.2) is 47.8 Å². The van der Waals surface area contributed by atoms with E-state index in [9.17, 15) is 9.59 Å². The second-order valence-electron chi connectivity index (χ2n) is 9.50. The molecule has 1 saturated heterocycles. The largest absolute Gasteiger partial charge is 0.341 e. The van der Waals surface area contributed by atoms with Gasteiger partial charge in [0.2, 0.25) is 0 Å². The van der Waals surface area contributed by atoms with Crippen molar-refractivity contribution in [3.63, 3.8) is 0 Å². The average molecular weight is 628 g/mol. The summed E-state index contributed by atoms with van der Waals surface area (Å²) >= 11 is 6.99. The van der Waals surface area contributed by atoms with Crippen molar-refractivity contribution in [2.45, 2.75) is 33.0 Å². The summed E-state index contributed by atoms with van der Waals surface area (Å²) in [5.41, 5.74) is 4.97. The van der Waals surface area contributed by atoms with Gasteiger partial charge in [-0.15, -0.1) is 0 Å². The summed E-state index contributed by atoms with van der Waals surface area (Å²) < 4.78 is 1.85. The zero-order chi connectivity index (χ0) is 26.4. The van der Waals surface area contributed by atoms with Crippen LogP contribution in [0.15, 0.2) is 75.7 Å². The van der Waals surface area contributed by atoms with Crippen LogP contribution >= 0.6 is 31.9 Å². The maximum Gasteiger partial charge on any atom is 0.313 e. The number of amides is 2. The van der Waals surface area contributed by atoms with Crippen molar-refractivity contribution in [1.29, 1.82) is 0 Å². The summed E-state index contributed by atoms with van der Waals surface area (Å²) in [4.78, 5) is 30.4. The molecule has 6 nitrogen and oxygen atoms in total. The summed E-state index contributed by atoms with van der Waals surface area (Å²) in [5.74, 6) is -1.33. The first kappa shape index (κ1) is 27.5. The van der Waals surface area contributed by atoms with Crippen molar-refractivity contribution in [3.8, 4) is 0 Å². The summed E-state index contributed by atoms with van der Waals surface area (Å²) in [5, 5.41) is 5.64. The third kappa shape index (κ3) is 7.74. The van der Waals surface area contributed by atoms with Crippen LogP contribution < -0.4 is 10.6 Å². The molecule has 4 rings (SSSR count). The third-order valence-electron chi connectivity index (χ3n) is 6.66. The zero-order valence-corrected chi connectivity index (χ0v) is 24.3. The van der Waals surface area contributed by atoms with Crippen molar-refractivity contribution in [2.24, 2.45) is 0 Å². The predicted octanol–water partition coefficient (Wildman–Crippen LogP) is 5.65. The SMILES string of the molecule is Cc1cc([C@@H](C)NC(=O)C(=O)Nc2cc(Br)ccc2CN2CCN(Cc3ccccc3)CC2)ccc1Br. The molecule has 1 aliphatic rings. The van der Waals surface area contributed by atoms with Crippen molar-refractivity contribution >= 4 is 49.4 Å². The van der Waals surface area contributed by atoms with Crippen molar-refractivity contribution in [2.75, 3.05) is 31.5 Å². The highest BCUT2D eigenvalue weighted by Gasteiger charge is 2.21. The van der Waals surface area contributed by atoms with E-state index in [2.05, 4.69) is 76.6 Å². The lowest BCUT2D eigenvalue weighted by Crippen LogP contribution is -2.45. The maximum absolute atomic E-state index is 12.8. The summed E-state index contributed by atoms with van der Waals surface area (Å²) in [6.45, 7) is 9.40. The van der Waals surface area contributed by atoms with Gasteiger partial charge in [0.05, 0.1) is 6.04 Å². The van der Waals surface area contributed by atoms with E-state index in [0.29, 0.717) is 12.2 Å². The quantitative estimate of drug-likeness (QED) is 0.332. The predicted molar refractivity (Wildman–Crippen MR) is 155 cm³/mol. The van der Waals surface area contributed by atoms with Crippen LogP contribution in [0.3, 0.4) is 0 Å². The van der Waals surface area contributed by atoms with Gasteiger partial charge in [-0.3, -0.25) is 19.4 Å². The Hall–Kier alpha value is -2.52. The molecule has 1 fully saturated rings. The lowest BCUT2D eigenvalue weighted by Gasteiger charge is -2.35. The molecular weight excluding hydrogens is 596 g/mol. The smallest absolute Gasteiger partial charge is 0.313 e. The van der Waals surface area contributed by atoms with Crippen molar-refractivity contribution < 1.29 is 9.59 Å². The molecule has 0 aliphatic carbocycles. The molecule has 194 valence electrons. The number of hydrogen-bond donors (Lipinski definition) is 2. The number of rotatable bonds is 7. The zero-order valence-electron chi connectivity index (χ0n) is 21.1. The van der Waals surface area contributed by atoms with Crippen LogP contribution in [0.2, 0.25) is 0 Å². The molecule has 3 aromatic carbocycles. The second-order valence-corrected chi connectivity index (χ2v) is 11.3. The molecular formula is C29H32Br2N4O2. The van der Waals surface area contributed by atoms with Gasteiger partial charge in [-0.05, 0) is 54.3 Å². The van der Waals surface area contributed by atoms with E-state index in [0.717, 1.165) is 58.4 Å². The number of carbonyl (C=O) groups excluding carboxylic acids is 2. The van der Waals surface area contributed by atoms with Crippen LogP contribution in [0.4, 0.5) is 5.69 Å². The number of aryl methyl sites for hydroxylation is 1. The van der Waals surface area contributed by atoms with Gasteiger partial charge in [0.15, 0.2) is 0 Å². The Morgan fingerprint density at radius 1 is 0.865 bits per heavy atom. The summed E-state index contributed by atoms with van der Waals surface area (Å²) in [6, 6.07) is 22.0. The Morgan fingerprint density at radius 3 is 2.22 bits per heavy atom. The average Bonchev–Trinajstić information content (AvgIpc) is 2.89. The van der Waals surface area contributed by atoms with Crippen LogP contribution in [-0.2, 0) is 22.7 Å². The van der Waals surface area contributed by atoms with Crippen molar-refractivity contribution in [1.82, 2.24) is 15.1 Å². The standard InChI is InChI=1S/C29H32Br2N4O2/c1-20-16-23(9-11-26(20)31)21(2)32-28(36)29(37)33-27-17-25(30)10-8-24(27)19-35-14-12-34(13-15-35)18-22-6-4-3-5-7-22/h3-11,16-17,21H,12-15,18-19H2,1-2H3,(H,32,36)(H,33,37)/t21-/m1/s1. The van der Waals surface area contributed by atoms with Gasteiger partial charge in [0.25, 0.3) is 0 Å². The number of halogens is 2. The topological polar surface area (TPSA) is 64.7 Å². The highest BCUT2D eigenvalue weighted by Crippen LogP contribution is 2.24. The van der Waals surface area contributed by atoms with E-state index in [4.69, 9.17) is 0 Å². The Balaban J connectivity index is 1.34. The maximum atomic E-state index is 12.8. The molecule has 37 heavy (non-hydrogen) atoms. The molecule has 0 unspecified atom stereocenters. The van der Waals surface area contributed by atoms with E-state index < -0.39 is 11.8 Å². The Bertz CT molecular complexity index is 1240. The number of anilines is 1. The molecule has 2 amide bonds. The van der Waals surface area contributed by atoms with E-state index in [1.165, 1.54) is 5.56 Å². The molecule has 0 spiro atoms. The first-order chi connectivity index (χ1) is 17.8. The van der Waals surface area contributed by atoms with Gasteiger partial charge in [-0.25, -0.2) is 0 Å². The number of carbonyl (C=O) groups is 2. The normalized spacial score (nSPS) is 15.2.